The van der Waals surface area contributed by atoms with Crippen LogP contribution in [-0.4, -0.2) is 55.0 Å². The van der Waals surface area contributed by atoms with Gasteiger partial charge in [0.15, 0.2) is 0 Å². The number of nitrogens with zero attached hydrogens (tertiary/aromatic N) is 2. The van der Waals surface area contributed by atoms with Crippen molar-refractivity contribution in [3.8, 4) is 0 Å². The molecule has 24 heavy (non-hydrogen) atoms. The molecule has 2 fully saturated rings. The zero-order chi connectivity index (χ0) is 16.1. The summed E-state index contributed by atoms with van der Waals surface area (Å²) < 4.78 is 0. The zero-order valence-electron chi connectivity index (χ0n) is 14.0. The quantitative estimate of drug-likeness (QED) is 0.886. The maximum absolute atomic E-state index is 12.7. The monoisotopic (exact) mass is 371 g/mol. The number of likely N-dealkylation sites (tertiary alicyclic amines) is 1. The van der Waals surface area contributed by atoms with E-state index in [0.717, 1.165) is 56.2 Å². The molecular weight excluding hydrogens is 345 g/mol. The van der Waals surface area contributed by atoms with E-state index in [1.807, 2.05) is 18.2 Å². The summed E-state index contributed by atoms with van der Waals surface area (Å²) in [6.45, 7) is 4.99. The van der Waals surface area contributed by atoms with Crippen molar-refractivity contribution >= 4 is 29.9 Å². The summed E-state index contributed by atoms with van der Waals surface area (Å²) in [7, 11) is 0. The van der Waals surface area contributed by atoms with Gasteiger partial charge in [0.1, 0.15) is 0 Å². The second-order valence-corrected chi connectivity index (χ2v) is 6.91. The van der Waals surface area contributed by atoms with E-state index in [9.17, 15) is 4.79 Å². The largest absolute Gasteiger partial charge is 0.342 e. The lowest BCUT2D eigenvalue weighted by Gasteiger charge is -2.37. The molecule has 1 atom stereocenters. The molecule has 3 rings (SSSR count). The molecule has 1 amide bonds. The van der Waals surface area contributed by atoms with Gasteiger partial charge in [0, 0.05) is 43.8 Å². The van der Waals surface area contributed by atoms with Crippen molar-refractivity contribution in [2.75, 3.05) is 39.3 Å². The zero-order valence-corrected chi connectivity index (χ0v) is 15.6. The fraction of sp³-hybridized carbons (Fsp3) is 0.611. The Hall–Kier alpha value is -0.810. The first kappa shape index (κ1) is 19.5. The van der Waals surface area contributed by atoms with Gasteiger partial charge in [0.25, 0.3) is 0 Å². The first-order valence-electron chi connectivity index (χ1n) is 8.72. The molecule has 0 bridgehead atoms. The summed E-state index contributed by atoms with van der Waals surface area (Å²) in [4.78, 5) is 17.0. The number of rotatable bonds is 3. The minimum absolute atomic E-state index is 0. The summed E-state index contributed by atoms with van der Waals surface area (Å²) in [5.74, 6) is 0.269. The summed E-state index contributed by atoms with van der Waals surface area (Å²) in [5, 5.41) is 4.21. The molecule has 0 aromatic heterocycles. The van der Waals surface area contributed by atoms with Crippen LogP contribution >= 0.6 is 24.0 Å². The number of hydrogen-bond acceptors (Lipinski definition) is 3. The number of hydrogen-bond donors (Lipinski definition) is 1. The van der Waals surface area contributed by atoms with E-state index in [2.05, 4.69) is 21.2 Å². The highest BCUT2D eigenvalue weighted by atomic mass is 35.5. The van der Waals surface area contributed by atoms with Gasteiger partial charge >= 0.3 is 0 Å². The minimum Gasteiger partial charge on any atom is -0.342 e. The molecule has 2 heterocycles. The van der Waals surface area contributed by atoms with Gasteiger partial charge in [-0.15, -0.1) is 12.4 Å². The lowest BCUT2D eigenvalue weighted by atomic mass is 10.0. The second-order valence-electron chi connectivity index (χ2n) is 6.51. The third kappa shape index (κ3) is 4.85. The fourth-order valence-corrected chi connectivity index (χ4v) is 3.84. The van der Waals surface area contributed by atoms with Crippen molar-refractivity contribution in [2.24, 2.45) is 0 Å². The van der Waals surface area contributed by atoms with Gasteiger partial charge in [-0.25, -0.2) is 0 Å². The Bertz CT molecular complexity index is 533. The lowest BCUT2D eigenvalue weighted by Crippen LogP contribution is -2.50. The first-order valence-corrected chi connectivity index (χ1v) is 9.10. The smallest absolute Gasteiger partial charge is 0.236 e. The predicted octanol–water partition coefficient (Wildman–Crippen LogP) is 3.11. The van der Waals surface area contributed by atoms with E-state index in [4.69, 9.17) is 11.6 Å². The van der Waals surface area contributed by atoms with Crippen LogP contribution in [0.15, 0.2) is 24.3 Å². The number of piperazine rings is 1. The third-order valence-corrected chi connectivity index (χ3v) is 5.26. The normalized spacial score (nSPS) is 22.5. The second kappa shape index (κ2) is 9.62. The van der Waals surface area contributed by atoms with E-state index < -0.39 is 0 Å². The molecule has 1 N–H and O–H groups in total. The highest BCUT2D eigenvalue weighted by Gasteiger charge is 2.28. The van der Waals surface area contributed by atoms with E-state index in [1.165, 1.54) is 12.8 Å². The van der Waals surface area contributed by atoms with Gasteiger partial charge in [-0.05, 0) is 24.5 Å². The number of nitrogens with one attached hydrogen (secondary N) is 1. The van der Waals surface area contributed by atoms with E-state index in [-0.39, 0.29) is 24.4 Å². The minimum atomic E-state index is 0. The van der Waals surface area contributed by atoms with Gasteiger partial charge in [-0.2, -0.15) is 0 Å². The lowest BCUT2D eigenvalue weighted by molar-refractivity contribution is -0.133. The molecule has 134 valence electrons. The van der Waals surface area contributed by atoms with Crippen LogP contribution in [-0.2, 0) is 4.79 Å². The van der Waals surface area contributed by atoms with Gasteiger partial charge in [-0.1, -0.05) is 42.6 Å². The van der Waals surface area contributed by atoms with Gasteiger partial charge in [0.2, 0.25) is 5.91 Å². The summed E-state index contributed by atoms with van der Waals surface area (Å²) >= 11 is 6.38. The van der Waals surface area contributed by atoms with Crippen LogP contribution in [0.1, 0.15) is 37.3 Å². The van der Waals surface area contributed by atoms with Crippen LogP contribution in [0.3, 0.4) is 0 Å². The van der Waals surface area contributed by atoms with Crippen LogP contribution in [0.2, 0.25) is 5.02 Å². The molecule has 2 aliphatic rings. The van der Waals surface area contributed by atoms with E-state index >= 15 is 0 Å². The standard InChI is InChI=1S/C18H26ClN3O.ClH/c19-16-8-4-3-7-15(16)17-13-20-9-12-22(17)14-18(23)21-10-5-1-2-6-11-21;/h3-4,7-8,17,20H,1-2,5-6,9-14H2;1H. The van der Waals surface area contributed by atoms with Crippen molar-refractivity contribution < 1.29 is 4.79 Å². The van der Waals surface area contributed by atoms with Crippen molar-refractivity contribution in [3.63, 3.8) is 0 Å². The Kier molecular flexibility index (Phi) is 7.82. The number of carbonyl (C=O) groups excluding carboxylic acids is 1. The van der Waals surface area contributed by atoms with Crippen LogP contribution in [0.4, 0.5) is 0 Å². The first-order chi connectivity index (χ1) is 11.3. The number of halogens is 2. The number of amides is 1. The van der Waals surface area contributed by atoms with Crippen molar-refractivity contribution in [1.29, 1.82) is 0 Å². The molecule has 1 aromatic rings. The Balaban J connectivity index is 0.00000208. The van der Waals surface area contributed by atoms with Crippen molar-refractivity contribution in [2.45, 2.75) is 31.7 Å². The summed E-state index contributed by atoms with van der Waals surface area (Å²) in [6.07, 6.45) is 4.78. The third-order valence-electron chi connectivity index (χ3n) is 4.92. The number of benzene rings is 1. The molecule has 0 spiro atoms. The molecule has 1 aromatic carbocycles. The summed E-state index contributed by atoms with van der Waals surface area (Å²) in [6, 6.07) is 8.15. The molecule has 0 radical (unpaired) electrons. The Morgan fingerprint density at radius 2 is 1.83 bits per heavy atom. The molecule has 4 nitrogen and oxygen atoms in total. The molecule has 6 heteroatoms. The highest BCUT2D eigenvalue weighted by molar-refractivity contribution is 6.31. The van der Waals surface area contributed by atoms with E-state index in [1.54, 1.807) is 0 Å². The van der Waals surface area contributed by atoms with E-state index in [0.29, 0.717) is 6.54 Å². The Morgan fingerprint density at radius 1 is 1.12 bits per heavy atom. The Labute approximate surface area is 155 Å². The van der Waals surface area contributed by atoms with Gasteiger partial charge in [0.05, 0.1) is 6.54 Å². The van der Waals surface area contributed by atoms with Gasteiger partial charge in [-0.3, -0.25) is 9.69 Å². The van der Waals surface area contributed by atoms with Crippen LogP contribution in [0.5, 0.6) is 0 Å². The maximum atomic E-state index is 12.7. The highest BCUT2D eigenvalue weighted by Crippen LogP contribution is 2.28. The van der Waals surface area contributed by atoms with Gasteiger partial charge < -0.3 is 10.2 Å². The van der Waals surface area contributed by atoms with Crippen LogP contribution in [0, 0.1) is 0 Å². The average Bonchev–Trinajstić information content (AvgIpc) is 2.85. The molecule has 0 saturated carbocycles. The molecular formula is C18H27Cl2N3O. The summed E-state index contributed by atoms with van der Waals surface area (Å²) in [5.41, 5.74) is 1.12. The van der Waals surface area contributed by atoms with Crippen molar-refractivity contribution in [3.05, 3.63) is 34.9 Å². The SMILES string of the molecule is Cl.O=C(CN1CCNCC1c1ccccc1Cl)N1CCCCCC1. The number of carbonyl (C=O) groups is 1. The average molecular weight is 372 g/mol. The topological polar surface area (TPSA) is 35.6 Å². The molecule has 2 aliphatic heterocycles. The molecule has 1 unspecified atom stereocenters. The maximum Gasteiger partial charge on any atom is 0.236 e. The van der Waals surface area contributed by atoms with Crippen LogP contribution < -0.4 is 5.32 Å². The molecule has 2 saturated heterocycles. The fourth-order valence-electron chi connectivity index (χ4n) is 3.58. The predicted molar refractivity (Wildman–Crippen MR) is 101 cm³/mol. The Morgan fingerprint density at radius 3 is 2.54 bits per heavy atom. The van der Waals surface area contributed by atoms with Crippen molar-refractivity contribution in [1.82, 2.24) is 15.1 Å². The molecule has 0 aliphatic carbocycles. The van der Waals surface area contributed by atoms with Crippen LogP contribution in [0.25, 0.3) is 0 Å².